The Labute approximate surface area is 126 Å². The fourth-order valence-corrected chi connectivity index (χ4v) is 0.237. The average Bonchev–Trinajstić information content (AvgIpc) is 1.30. The Kier molecular flexibility index (Phi) is 27.8. The van der Waals surface area contributed by atoms with E-state index in [2.05, 4.69) is 4.43 Å². The van der Waals surface area contributed by atoms with E-state index in [1.54, 1.807) is 0 Å². The first-order valence-corrected chi connectivity index (χ1v) is 3.05. The quantitative estimate of drug-likeness (QED) is 0.346. The predicted molar refractivity (Wildman–Crippen MR) is 13.9 cm³/mol. The van der Waals surface area contributed by atoms with E-state index in [4.69, 9.17) is 5.11 Å². The van der Waals surface area contributed by atoms with Crippen LogP contribution >= 0.6 is 0 Å². The maximum absolute atomic E-state index is 9.35. The van der Waals surface area contributed by atoms with Crippen molar-refractivity contribution < 1.29 is 113 Å². The molecule has 10 heavy (non-hydrogen) atoms. The van der Waals surface area contributed by atoms with Gasteiger partial charge < -0.3 is 23.9 Å². The van der Waals surface area contributed by atoms with E-state index in [0.29, 0.717) is 0 Å². The molecule has 0 saturated heterocycles. The summed E-state index contributed by atoms with van der Waals surface area (Å²) in [7, 11) is -5.16. The van der Waals surface area contributed by atoms with Gasteiger partial charge in [-0.3, -0.25) is 0 Å². The zero-order chi connectivity index (χ0) is 5.91. The van der Waals surface area contributed by atoms with E-state index >= 15 is 0 Å². The molecule has 0 aromatic rings. The fraction of sp³-hybridized carbons (Fsp3) is 1.00. The molecule has 0 radical (unpaired) electrons. The average molecular weight is 192 g/mol. The van der Waals surface area contributed by atoms with E-state index in [0.717, 1.165) is 0 Å². The zero-order valence-electron chi connectivity index (χ0n) is 6.29. The first kappa shape index (κ1) is 23.1. The van der Waals surface area contributed by atoms with Gasteiger partial charge in [-0.2, -0.15) is 0 Å². The van der Waals surface area contributed by atoms with Gasteiger partial charge in [-0.15, -0.1) is 9.05 Å². The van der Waals surface area contributed by atoms with Gasteiger partial charge in [0.2, 0.25) is 0 Å². The molecular formula is CH3Na3O5Si. The van der Waals surface area contributed by atoms with Crippen molar-refractivity contribution in [2.24, 2.45) is 0 Å². The molecule has 0 heterocycles. The van der Waals surface area contributed by atoms with Crippen LogP contribution in [0.1, 0.15) is 0 Å². The summed E-state index contributed by atoms with van der Waals surface area (Å²) in [5.74, 6) is 0. The van der Waals surface area contributed by atoms with Crippen molar-refractivity contribution in [2.45, 2.75) is 0 Å². The summed E-state index contributed by atoms with van der Waals surface area (Å²) in [4.78, 5) is 28.0. The Bertz CT molecular complexity index is 55.3. The Morgan fingerprint density at radius 2 is 1.40 bits per heavy atom. The molecule has 0 rings (SSSR count). The van der Waals surface area contributed by atoms with Crippen LogP contribution in [0.15, 0.2) is 0 Å². The van der Waals surface area contributed by atoms with Crippen LogP contribution in [0.3, 0.4) is 0 Å². The second-order valence-electron chi connectivity index (χ2n) is 0.773. The Hall–Kier alpha value is 3.02. The third-order valence-corrected chi connectivity index (χ3v) is 0.724. The maximum Gasteiger partial charge on any atom is 1.00 e. The molecule has 0 aromatic carbocycles. The summed E-state index contributed by atoms with van der Waals surface area (Å²) in [6.07, 6.45) is 0. The minimum absolute atomic E-state index is 0. The summed E-state index contributed by atoms with van der Waals surface area (Å²) < 4.78 is 3.26. The van der Waals surface area contributed by atoms with Gasteiger partial charge >= 0.3 is 88.7 Å². The van der Waals surface area contributed by atoms with E-state index in [9.17, 15) is 14.4 Å². The van der Waals surface area contributed by atoms with Gasteiger partial charge in [0.05, 0.1) is 0 Å². The molecule has 0 bridgehead atoms. The third kappa shape index (κ3) is 22.5. The standard InChI is InChI=1S/CH3O5Si.3Na/c2-1-6-7(3,4)5;;;/h2H,1H2;;;/q-3;3*+1. The van der Waals surface area contributed by atoms with E-state index in [1.807, 2.05) is 0 Å². The van der Waals surface area contributed by atoms with Crippen molar-refractivity contribution >= 4 is 9.05 Å². The van der Waals surface area contributed by atoms with Crippen molar-refractivity contribution in [1.82, 2.24) is 0 Å². The SMILES string of the molecule is [Na+].[Na+].[Na+].[O-][Si]([O-])([O-])OCO. The molecule has 5 nitrogen and oxygen atoms in total. The number of aliphatic hydroxyl groups is 1. The monoisotopic (exact) mass is 192 g/mol. The van der Waals surface area contributed by atoms with Gasteiger partial charge in [-0.05, 0) is 0 Å². The van der Waals surface area contributed by atoms with Crippen LogP contribution in [0, 0.1) is 0 Å². The van der Waals surface area contributed by atoms with Gasteiger partial charge in [-0.25, -0.2) is 0 Å². The number of hydrogen-bond donors (Lipinski definition) is 1. The summed E-state index contributed by atoms with van der Waals surface area (Å²) in [6, 6.07) is 0. The maximum atomic E-state index is 9.35. The van der Waals surface area contributed by atoms with Crippen LogP contribution in [0.2, 0.25) is 0 Å². The largest absolute Gasteiger partial charge is 1.00 e. The molecule has 1 N–H and O–H groups in total. The van der Waals surface area contributed by atoms with E-state index in [1.165, 1.54) is 0 Å². The Morgan fingerprint density at radius 1 is 1.10 bits per heavy atom. The molecule has 9 heteroatoms. The van der Waals surface area contributed by atoms with Gasteiger partial charge in [0.1, 0.15) is 6.79 Å². The molecular weight excluding hydrogens is 189 g/mol. The number of hydrogen-bond acceptors (Lipinski definition) is 5. The van der Waals surface area contributed by atoms with Crippen molar-refractivity contribution in [1.29, 1.82) is 0 Å². The van der Waals surface area contributed by atoms with E-state index < -0.39 is 15.8 Å². The van der Waals surface area contributed by atoms with Gasteiger partial charge in [0.25, 0.3) is 0 Å². The smallest absolute Gasteiger partial charge is 0.861 e. The first-order chi connectivity index (χ1) is 3.06. The van der Waals surface area contributed by atoms with Crippen molar-refractivity contribution in [3.8, 4) is 0 Å². The summed E-state index contributed by atoms with van der Waals surface area (Å²) in [5.41, 5.74) is 0. The number of aliphatic hydroxyl groups excluding tert-OH is 1. The Balaban J connectivity index is -0.0000000600. The topological polar surface area (TPSA) is 98.6 Å². The van der Waals surface area contributed by atoms with Crippen molar-refractivity contribution in [2.75, 3.05) is 6.79 Å². The zero-order valence-corrected chi connectivity index (χ0v) is 13.3. The van der Waals surface area contributed by atoms with Crippen LogP contribution in [-0.2, 0) is 4.43 Å². The molecule has 0 aliphatic carbocycles. The van der Waals surface area contributed by atoms with Crippen molar-refractivity contribution in [3.05, 3.63) is 0 Å². The minimum atomic E-state index is -5.16. The third-order valence-electron chi connectivity index (χ3n) is 0.241. The molecule has 0 aliphatic rings. The molecule has 0 aliphatic heterocycles. The molecule has 0 amide bonds. The van der Waals surface area contributed by atoms with Gasteiger partial charge in [0.15, 0.2) is 0 Å². The normalized spacial score (nSPS) is 8.40. The molecule has 0 aromatic heterocycles. The summed E-state index contributed by atoms with van der Waals surface area (Å²) >= 11 is 0. The second kappa shape index (κ2) is 12.0. The fourth-order valence-electron chi connectivity index (χ4n) is 0.0791. The van der Waals surface area contributed by atoms with E-state index in [-0.39, 0.29) is 88.7 Å². The summed E-state index contributed by atoms with van der Waals surface area (Å²) in [5, 5.41) is 7.61. The molecule has 0 atom stereocenters. The number of rotatable bonds is 2. The van der Waals surface area contributed by atoms with Crippen LogP contribution in [0.4, 0.5) is 0 Å². The molecule has 44 valence electrons. The first-order valence-electron chi connectivity index (χ1n) is 1.42. The van der Waals surface area contributed by atoms with Crippen LogP contribution in [0.5, 0.6) is 0 Å². The molecule has 0 fully saturated rings. The predicted octanol–water partition coefficient (Wildman–Crippen LogP) is -13.5. The van der Waals surface area contributed by atoms with Crippen molar-refractivity contribution in [3.63, 3.8) is 0 Å². The molecule has 0 spiro atoms. The van der Waals surface area contributed by atoms with Gasteiger partial charge in [-0.1, -0.05) is 0 Å². The van der Waals surface area contributed by atoms with Crippen LogP contribution in [-0.4, -0.2) is 20.9 Å². The van der Waals surface area contributed by atoms with Crippen LogP contribution in [0.25, 0.3) is 0 Å². The summed E-state index contributed by atoms with van der Waals surface area (Å²) in [6.45, 7) is -1.07. The molecule has 0 saturated carbocycles. The van der Waals surface area contributed by atoms with Crippen LogP contribution < -0.4 is 103 Å². The minimum Gasteiger partial charge on any atom is -0.861 e. The Morgan fingerprint density at radius 3 is 1.40 bits per heavy atom. The van der Waals surface area contributed by atoms with Gasteiger partial charge in [0, 0.05) is 0 Å². The molecule has 0 unspecified atom stereocenters. The second-order valence-corrected chi connectivity index (χ2v) is 2.06.